The second-order valence-electron chi connectivity index (χ2n) is 9.01. The summed E-state index contributed by atoms with van der Waals surface area (Å²) in [6.07, 6.45) is 3.93. The van der Waals surface area contributed by atoms with Crippen molar-refractivity contribution in [2.45, 2.75) is 43.1 Å². The molecule has 2 aromatic carbocycles. The van der Waals surface area contributed by atoms with Gasteiger partial charge in [-0.15, -0.1) is 0 Å². The number of ether oxygens (including phenoxy) is 1. The van der Waals surface area contributed by atoms with Crippen LogP contribution in [-0.4, -0.2) is 68.3 Å². The molecular formula is C25H29N3O5S. The molecule has 1 atom stereocenters. The average molecular weight is 484 g/mol. The minimum absolute atomic E-state index is 0.0777. The minimum Gasteiger partial charge on any atom is -0.476 e. The number of carbonyl (C=O) groups is 2. The van der Waals surface area contributed by atoms with E-state index in [1.165, 1.54) is 21.3 Å². The number of likely N-dealkylation sites (tertiary alicyclic amines) is 1. The largest absolute Gasteiger partial charge is 0.476 e. The van der Waals surface area contributed by atoms with Crippen LogP contribution in [0.3, 0.4) is 0 Å². The number of para-hydroxylation sites is 2. The van der Waals surface area contributed by atoms with Gasteiger partial charge in [-0.1, -0.05) is 18.2 Å². The molecule has 2 aromatic rings. The molecule has 2 fully saturated rings. The fourth-order valence-electron chi connectivity index (χ4n) is 4.90. The minimum atomic E-state index is -3.65. The van der Waals surface area contributed by atoms with E-state index in [2.05, 4.69) is 0 Å². The number of hydrogen-bond donors (Lipinski definition) is 0. The molecule has 0 radical (unpaired) electrons. The Labute approximate surface area is 200 Å². The highest BCUT2D eigenvalue weighted by Gasteiger charge is 2.37. The van der Waals surface area contributed by atoms with Crippen molar-refractivity contribution < 1.29 is 22.7 Å². The maximum Gasteiger partial charge on any atom is 0.265 e. The lowest BCUT2D eigenvalue weighted by Crippen LogP contribution is -2.52. The second-order valence-corrected chi connectivity index (χ2v) is 11.0. The molecule has 0 spiro atoms. The van der Waals surface area contributed by atoms with Gasteiger partial charge < -0.3 is 14.5 Å². The zero-order valence-corrected chi connectivity index (χ0v) is 19.9. The Morgan fingerprint density at radius 3 is 2.32 bits per heavy atom. The van der Waals surface area contributed by atoms with Crippen molar-refractivity contribution in [3.05, 3.63) is 54.1 Å². The topological polar surface area (TPSA) is 87.2 Å². The molecule has 3 heterocycles. The Kier molecular flexibility index (Phi) is 6.31. The van der Waals surface area contributed by atoms with Crippen LogP contribution in [0.4, 0.5) is 5.69 Å². The van der Waals surface area contributed by atoms with Crippen LogP contribution in [0.25, 0.3) is 0 Å². The number of amides is 2. The van der Waals surface area contributed by atoms with E-state index >= 15 is 0 Å². The number of sulfonamides is 1. The van der Waals surface area contributed by atoms with E-state index in [0.29, 0.717) is 37.6 Å². The van der Waals surface area contributed by atoms with Crippen LogP contribution < -0.4 is 9.64 Å². The Balaban J connectivity index is 1.44. The summed E-state index contributed by atoms with van der Waals surface area (Å²) in [7, 11) is -3.65. The number of anilines is 1. The van der Waals surface area contributed by atoms with Crippen LogP contribution in [0, 0.1) is 0 Å². The van der Waals surface area contributed by atoms with Crippen LogP contribution in [0.15, 0.2) is 53.4 Å². The van der Waals surface area contributed by atoms with Crippen molar-refractivity contribution in [2.75, 3.05) is 37.6 Å². The Hall–Kier alpha value is -2.91. The third kappa shape index (κ3) is 4.30. The van der Waals surface area contributed by atoms with Gasteiger partial charge in [0.15, 0.2) is 6.10 Å². The predicted molar refractivity (Wildman–Crippen MR) is 127 cm³/mol. The molecule has 0 saturated carbocycles. The van der Waals surface area contributed by atoms with Gasteiger partial charge in [-0.3, -0.25) is 9.59 Å². The van der Waals surface area contributed by atoms with E-state index in [-0.39, 0.29) is 28.8 Å². The van der Waals surface area contributed by atoms with Crippen LogP contribution in [0.5, 0.6) is 5.75 Å². The molecule has 8 nitrogen and oxygen atoms in total. The van der Waals surface area contributed by atoms with Crippen LogP contribution >= 0.6 is 0 Å². The van der Waals surface area contributed by atoms with E-state index in [1.54, 1.807) is 30.3 Å². The normalized spacial score (nSPS) is 21.1. The molecular weight excluding hydrogens is 454 g/mol. The number of rotatable bonds is 4. The van der Waals surface area contributed by atoms with Gasteiger partial charge in [-0.2, -0.15) is 4.31 Å². The van der Waals surface area contributed by atoms with Crippen molar-refractivity contribution in [1.29, 1.82) is 0 Å². The van der Waals surface area contributed by atoms with E-state index < -0.39 is 16.1 Å². The first-order valence-corrected chi connectivity index (χ1v) is 13.4. The number of hydrogen-bond acceptors (Lipinski definition) is 5. The molecule has 3 aliphatic rings. The standard InChI is InChI=1S/C25H29N3O5S/c29-24(19-9-8-10-20(17-19)34(31,32)27-15-6-7-16-27)28-18-23(25(30)26-13-4-1-5-14-26)33-22-12-3-2-11-21(22)28/h2-3,8-12,17,23H,1,4-7,13-16,18H2. The van der Waals surface area contributed by atoms with Crippen LogP contribution in [-0.2, 0) is 14.8 Å². The number of fused-ring (bicyclic) bond motifs is 1. The van der Waals surface area contributed by atoms with Gasteiger partial charge in [0.25, 0.3) is 11.8 Å². The number of benzene rings is 2. The third-order valence-electron chi connectivity index (χ3n) is 6.75. The van der Waals surface area contributed by atoms with E-state index in [4.69, 9.17) is 4.74 Å². The fraction of sp³-hybridized carbons (Fsp3) is 0.440. The van der Waals surface area contributed by atoms with E-state index in [1.807, 2.05) is 11.0 Å². The second kappa shape index (κ2) is 9.38. The average Bonchev–Trinajstić information content (AvgIpc) is 3.44. The predicted octanol–water partition coefficient (Wildman–Crippen LogP) is 2.89. The molecule has 180 valence electrons. The molecule has 34 heavy (non-hydrogen) atoms. The Morgan fingerprint density at radius 2 is 1.56 bits per heavy atom. The molecule has 0 bridgehead atoms. The van der Waals surface area contributed by atoms with Crippen LogP contribution in [0.1, 0.15) is 42.5 Å². The zero-order chi connectivity index (χ0) is 23.7. The molecule has 1 unspecified atom stereocenters. The molecule has 5 rings (SSSR count). The van der Waals surface area contributed by atoms with Gasteiger partial charge >= 0.3 is 0 Å². The molecule has 0 aliphatic carbocycles. The summed E-state index contributed by atoms with van der Waals surface area (Å²) in [6.45, 7) is 2.47. The monoisotopic (exact) mass is 483 g/mol. The summed E-state index contributed by atoms with van der Waals surface area (Å²) in [5.41, 5.74) is 0.837. The first kappa shape index (κ1) is 22.9. The lowest BCUT2D eigenvalue weighted by molar-refractivity contribution is -0.139. The van der Waals surface area contributed by atoms with Crippen molar-refractivity contribution in [2.24, 2.45) is 0 Å². The highest BCUT2D eigenvalue weighted by Crippen LogP contribution is 2.35. The maximum atomic E-state index is 13.6. The molecule has 2 saturated heterocycles. The van der Waals surface area contributed by atoms with Gasteiger partial charge in [0.05, 0.1) is 17.1 Å². The summed E-state index contributed by atoms with van der Waals surface area (Å²) in [4.78, 5) is 30.3. The lowest BCUT2D eigenvalue weighted by atomic mass is 10.1. The summed E-state index contributed by atoms with van der Waals surface area (Å²) in [5.74, 6) is 0.00123. The molecule has 2 amide bonds. The highest BCUT2D eigenvalue weighted by atomic mass is 32.2. The smallest absolute Gasteiger partial charge is 0.265 e. The molecule has 3 aliphatic heterocycles. The number of nitrogens with zero attached hydrogens (tertiary/aromatic N) is 3. The first-order valence-electron chi connectivity index (χ1n) is 11.9. The van der Waals surface area contributed by atoms with Crippen molar-refractivity contribution in [1.82, 2.24) is 9.21 Å². The van der Waals surface area contributed by atoms with Crippen molar-refractivity contribution in [3.63, 3.8) is 0 Å². The summed E-state index contributed by atoms with van der Waals surface area (Å²) < 4.78 is 33.5. The third-order valence-corrected chi connectivity index (χ3v) is 8.64. The van der Waals surface area contributed by atoms with Crippen LogP contribution in [0.2, 0.25) is 0 Å². The number of carbonyl (C=O) groups excluding carboxylic acids is 2. The Bertz CT molecular complexity index is 1190. The van der Waals surface area contributed by atoms with Gasteiger partial charge in [-0.25, -0.2) is 8.42 Å². The Morgan fingerprint density at radius 1 is 0.853 bits per heavy atom. The number of piperidine rings is 1. The van der Waals surface area contributed by atoms with E-state index in [0.717, 1.165) is 32.1 Å². The first-order chi connectivity index (χ1) is 16.4. The molecule has 9 heteroatoms. The van der Waals surface area contributed by atoms with Gasteiger partial charge in [0, 0.05) is 31.7 Å². The van der Waals surface area contributed by atoms with Gasteiger partial charge in [0.1, 0.15) is 5.75 Å². The quantitative estimate of drug-likeness (QED) is 0.667. The van der Waals surface area contributed by atoms with Gasteiger partial charge in [-0.05, 0) is 62.4 Å². The summed E-state index contributed by atoms with van der Waals surface area (Å²) >= 11 is 0. The van der Waals surface area contributed by atoms with Gasteiger partial charge in [0.2, 0.25) is 10.0 Å². The maximum absolute atomic E-state index is 13.6. The lowest BCUT2D eigenvalue weighted by Gasteiger charge is -2.37. The molecule has 0 aromatic heterocycles. The van der Waals surface area contributed by atoms with Crippen molar-refractivity contribution >= 4 is 27.5 Å². The SMILES string of the molecule is O=C(C1CN(C(=O)c2cccc(S(=O)(=O)N3CCCC3)c2)c2ccccc2O1)N1CCCCC1. The van der Waals surface area contributed by atoms with E-state index in [9.17, 15) is 18.0 Å². The highest BCUT2D eigenvalue weighted by molar-refractivity contribution is 7.89. The summed E-state index contributed by atoms with van der Waals surface area (Å²) in [6, 6.07) is 13.3. The summed E-state index contributed by atoms with van der Waals surface area (Å²) in [5, 5.41) is 0. The van der Waals surface area contributed by atoms with Crippen molar-refractivity contribution in [3.8, 4) is 5.75 Å². The fourth-order valence-corrected chi connectivity index (χ4v) is 6.46. The zero-order valence-electron chi connectivity index (χ0n) is 19.1. The molecule has 0 N–H and O–H groups in total.